The van der Waals surface area contributed by atoms with Crippen LogP contribution in [0, 0.1) is 11.3 Å². The van der Waals surface area contributed by atoms with Crippen LogP contribution in [0.3, 0.4) is 0 Å². The molecule has 1 aromatic rings. The van der Waals surface area contributed by atoms with Gasteiger partial charge in [-0.3, -0.25) is 4.90 Å². The number of hydrogen-bond donors (Lipinski definition) is 0. The number of hydrogen-bond acceptors (Lipinski definition) is 7. The number of fused-ring (bicyclic) bond motifs is 1. The van der Waals surface area contributed by atoms with Crippen LogP contribution in [0.1, 0.15) is 38.5 Å². The first kappa shape index (κ1) is 18.2. The lowest BCUT2D eigenvalue weighted by Gasteiger charge is -2.53. The van der Waals surface area contributed by atoms with E-state index in [1.807, 2.05) is 14.0 Å². The molecule has 3 heterocycles. The van der Waals surface area contributed by atoms with E-state index in [0.717, 1.165) is 64.3 Å². The van der Waals surface area contributed by atoms with Crippen molar-refractivity contribution in [3.05, 3.63) is 5.89 Å². The molecular weight excluding hydrogens is 332 g/mol. The molecule has 26 heavy (non-hydrogen) atoms. The van der Waals surface area contributed by atoms with Crippen molar-refractivity contribution in [2.24, 2.45) is 11.3 Å². The largest absolute Gasteiger partial charge is 0.384 e. The lowest BCUT2D eigenvalue weighted by atomic mass is 9.62. The summed E-state index contributed by atoms with van der Waals surface area (Å²) in [5.74, 6) is 2.18. The number of aryl methyl sites for hydroxylation is 1. The highest BCUT2D eigenvalue weighted by Crippen LogP contribution is 2.48. The minimum atomic E-state index is 0.211. The fourth-order valence-electron chi connectivity index (χ4n) is 5.24. The average Bonchev–Trinajstić information content (AvgIpc) is 3.17. The Bertz CT molecular complexity index is 589. The Hall–Kier alpha value is -1.18. The van der Waals surface area contributed by atoms with Crippen LogP contribution in [0.4, 0.5) is 5.95 Å². The van der Waals surface area contributed by atoms with E-state index >= 15 is 0 Å². The Balaban J connectivity index is 1.47. The van der Waals surface area contributed by atoms with Crippen LogP contribution in [0.15, 0.2) is 4.52 Å². The molecule has 2 aliphatic heterocycles. The van der Waals surface area contributed by atoms with Gasteiger partial charge >= 0.3 is 0 Å². The smallest absolute Gasteiger partial charge is 0.266 e. The van der Waals surface area contributed by atoms with Crippen LogP contribution < -0.4 is 4.90 Å². The zero-order valence-electron chi connectivity index (χ0n) is 16.2. The Morgan fingerprint density at radius 2 is 2.08 bits per heavy atom. The third kappa shape index (κ3) is 3.49. The second-order valence-corrected chi connectivity index (χ2v) is 8.12. The maximum absolute atomic E-state index is 5.71. The molecule has 0 unspecified atom stereocenters. The highest BCUT2D eigenvalue weighted by Gasteiger charge is 2.48. The van der Waals surface area contributed by atoms with Crippen molar-refractivity contribution in [2.45, 2.75) is 45.1 Å². The van der Waals surface area contributed by atoms with Gasteiger partial charge in [-0.15, -0.1) is 0 Å². The van der Waals surface area contributed by atoms with Gasteiger partial charge in [0.25, 0.3) is 5.95 Å². The summed E-state index contributed by atoms with van der Waals surface area (Å²) >= 11 is 0. The van der Waals surface area contributed by atoms with Crippen molar-refractivity contribution in [3.8, 4) is 0 Å². The molecule has 4 rings (SSSR count). The standard InChI is InChI=1S/C19H32N4O3/c1-3-17-20-18(21-26-17)23-7-5-15-12-16(22-8-10-25-11-9-22)4-6-19(15,13-23)14-24-2/h15-16H,3-14H2,1-2H3/t15-,16-,19+/m1/s1. The molecule has 146 valence electrons. The number of aromatic nitrogens is 2. The maximum atomic E-state index is 5.71. The molecule has 0 amide bonds. The third-order valence-corrected chi connectivity index (χ3v) is 6.69. The van der Waals surface area contributed by atoms with Gasteiger partial charge in [0.1, 0.15) is 0 Å². The third-order valence-electron chi connectivity index (χ3n) is 6.69. The average molecular weight is 364 g/mol. The van der Waals surface area contributed by atoms with Crippen molar-refractivity contribution >= 4 is 5.95 Å². The lowest BCUT2D eigenvalue weighted by Crippen LogP contribution is -2.57. The highest BCUT2D eigenvalue weighted by atomic mass is 16.5. The van der Waals surface area contributed by atoms with Gasteiger partial charge in [-0.1, -0.05) is 6.92 Å². The maximum Gasteiger partial charge on any atom is 0.266 e. The number of methoxy groups -OCH3 is 1. The van der Waals surface area contributed by atoms with E-state index in [-0.39, 0.29) is 5.41 Å². The van der Waals surface area contributed by atoms with E-state index in [0.29, 0.717) is 12.0 Å². The summed E-state index contributed by atoms with van der Waals surface area (Å²) in [6.45, 7) is 8.79. The number of rotatable bonds is 5. The molecule has 0 N–H and O–H groups in total. The van der Waals surface area contributed by atoms with Gasteiger partial charge < -0.3 is 18.9 Å². The molecule has 2 saturated heterocycles. The normalized spacial score (nSPS) is 33.2. The Morgan fingerprint density at radius 1 is 1.23 bits per heavy atom. The molecule has 7 nitrogen and oxygen atoms in total. The molecule has 3 fully saturated rings. The van der Waals surface area contributed by atoms with Crippen LogP contribution in [-0.2, 0) is 15.9 Å². The predicted octanol–water partition coefficient (Wildman–Crippen LogP) is 1.98. The molecule has 0 radical (unpaired) electrons. The number of piperidine rings is 1. The Morgan fingerprint density at radius 3 is 2.81 bits per heavy atom. The molecule has 0 spiro atoms. The summed E-state index contributed by atoms with van der Waals surface area (Å²) in [4.78, 5) is 9.52. The predicted molar refractivity (Wildman–Crippen MR) is 98.3 cm³/mol. The molecular formula is C19H32N4O3. The first-order valence-electron chi connectivity index (χ1n) is 10.1. The number of morpholine rings is 1. The van der Waals surface area contributed by atoms with Crippen LogP contribution in [0.25, 0.3) is 0 Å². The van der Waals surface area contributed by atoms with Gasteiger partial charge in [0.05, 0.1) is 19.8 Å². The summed E-state index contributed by atoms with van der Waals surface area (Å²) in [5, 5.41) is 4.20. The van der Waals surface area contributed by atoms with Gasteiger partial charge in [-0.2, -0.15) is 4.98 Å². The van der Waals surface area contributed by atoms with E-state index in [4.69, 9.17) is 14.0 Å². The highest BCUT2D eigenvalue weighted by molar-refractivity contribution is 5.30. The van der Waals surface area contributed by atoms with E-state index < -0.39 is 0 Å². The molecule has 1 aliphatic carbocycles. The summed E-state index contributed by atoms with van der Waals surface area (Å²) in [6, 6.07) is 0.706. The number of nitrogens with zero attached hydrogens (tertiary/aromatic N) is 4. The van der Waals surface area contributed by atoms with Crippen molar-refractivity contribution in [1.29, 1.82) is 0 Å². The molecule has 1 saturated carbocycles. The van der Waals surface area contributed by atoms with Crippen molar-refractivity contribution in [2.75, 3.05) is 58.0 Å². The summed E-state index contributed by atoms with van der Waals surface area (Å²) in [7, 11) is 1.84. The monoisotopic (exact) mass is 364 g/mol. The van der Waals surface area contributed by atoms with E-state index in [1.165, 1.54) is 25.7 Å². The van der Waals surface area contributed by atoms with Crippen molar-refractivity contribution < 1.29 is 14.0 Å². The molecule has 3 atom stereocenters. The Kier molecular flexibility index (Phi) is 5.47. The molecule has 0 aromatic carbocycles. The topological polar surface area (TPSA) is 63.9 Å². The fraction of sp³-hybridized carbons (Fsp3) is 0.895. The first-order chi connectivity index (χ1) is 12.7. The molecule has 0 bridgehead atoms. The number of ether oxygens (including phenoxy) is 2. The fourth-order valence-corrected chi connectivity index (χ4v) is 5.24. The summed E-state index contributed by atoms with van der Waals surface area (Å²) in [6.07, 6.45) is 5.71. The first-order valence-corrected chi connectivity index (χ1v) is 10.1. The van der Waals surface area contributed by atoms with Crippen LogP contribution in [-0.4, -0.2) is 74.2 Å². The van der Waals surface area contributed by atoms with Crippen LogP contribution in [0.5, 0.6) is 0 Å². The Labute approximate surface area is 156 Å². The minimum Gasteiger partial charge on any atom is -0.384 e. The van der Waals surface area contributed by atoms with Crippen LogP contribution in [0.2, 0.25) is 0 Å². The van der Waals surface area contributed by atoms with Gasteiger partial charge in [0, 0.05) is 51.2 Å². The second-order valence-electron chi connectivity index (χ2n) is 8.12. The molecule has 3 aliphatic rings. The van der Waals surface area contributed by atoms with E-state index in [9.17, 15) is 0 Å². The van der Waals surface area contributed by atoms with Crippen molar-refractivity contribution in [1.82, 2.24) is 15.0 Å². The summed E-state index contributed by atoms with van der Waals surface area (Å²) < 4.78 is 16.6. The van der Waals surface area contributed by atoms with Gasteiger partial charge in [0.2, 0.25) is 5.89 Å². The summed E-state index contributed by atoms with van der Waals surface area (Å²) in [5.41, 5.74) is 0.211. The van der Waals surface area contributed by atoms with Gasteiger partial charge in [-0.25, -0.2) is 0 Å². The van der Waals surface area contributed by atoms with E-state index in [1.54, 1.807) is 0 Å². The quantitative estimate of drug-likeness (QED) is 0.791. The number of anilines is 1. The molecule has 1 aromatic heterocycles. The zero-order chi connectivity index (χ0) is 18.0. The lowest BCUT2D eigenvalue weighted by molar-refractivity contribution is -0.0541. The SMILES string of the molecule is CCc1nc(N2CC[C@@H]3C[C@H](N4CCOCC4)CC[C@@]3(COC)C2)no1. The van der Waals surface area contributed by atoms with Crippen LogP contribution >= 0.6 is 0 Å². The van der Waals surface area contributed by atoms with Crippen molar-refractivity contribution in [3.63, 3.8) is 0 Å². The second kappa shape index (κ2) is 7.82. The van der Waals surface area contributed by atoms with Gasteiger partial charge in [-0.05, 0) is 36.8 Å². The van der Waals surface area contributed by atoms with Gasteiger partial charge in [0.15, 0.2) is 0 Å². The molecule has 7 heteroatoms. The zero-order valence-corrected chi connectivity index (χ0v) is 16.2. The van der Waals surface area contributed by atoms with E-state index in [2.05, 4.69) is 19.9 Å². The minimum absolute atomic E-state index is 0.211.